The summed E-state index contributed by atoms with van der Waals surface area (Å²) >= 11 is 0. The highest BCUT2D eigenvalue weighted by atomic mass is 16.5. The van der Waals surface area contributed by atoms with Crippen LogP contribution in [0.1, 0.15) is 90.9 Å². The highest BCUT2D eigenvalue weighted by Gasteiger charge is 2.29. The maximum absolute atomic E-state index is 12.4. The van der Waals surface area contributed by atoms with Crippen LogP contribution in [0.15, 0.2) is 0 Å². The van der Waals surface area contributed by atoms with E-state index in [9.17, 15) is 4.79 Å². The Morgan fingerprint density at radius 2 is 1.65 bits per heavy atom. The molecule has 0 heterocycles. The maximum Gasteiger partial charge on any atom is 0.161 e. The summed E-state index contributed by atoms with van der Waals surface area (Å²) in [7, 11) is 0. The molecule has 0 aromatic heterocycles. The van der Waals surface area contributed by atoms with Crippen molar-refractivity contribution in [3.05, 3.63) is 0 Å². The van der Waals surface area contributed by atoms with Crippen molar-refractivity contribution in [2.24, 2.45) is 5.92 Å². The first-order chi connectivity index (χ1) is 9.79. The van der Waals surface area contributed by atoms with Gasteiger partial charge in [0.05, 0.1) is 0 Å². The number of Topliss-reactive ketones (excluding diaryl/α,β-unsaturated/α-hetero) is 1. The van der Waals surface area contributed by atoms with Crippen LogP contribution in [0, 0.1) is 5.92 Å². The number of unbranched alkanes of at least 4 members (excludes halogenated alkanes) is 5. The molecular formula is C18H34O2. The van der Waals surface area contributed by atoms with Gasteiger partial charge in [-0.1, -0.05) is 58.3 Å². The summed E-state index contributed by atoms with van der Waals surface area (Å²) in [5.41, 5.74) is 0. The normalized spacial score (nSPS) is 18.1. The van der Waals surface area contributed by atoms with E-state index in [0.29, 0.717) is 18.3 Å². The molecule has 0 amide bonds. The zero-order valence-electron chi connectivity index (χ0n) is 13.7. The van der Waals surface area contributed by atoms with Crippen LogP contribution in [0.2, 0.25) is 0 Å². The van der Waals surface area contributed by atoms with Crippen molar-refractivity contribution in [1.29, 1.82) is 0 Å². The van der Waals surface area contributed by atoms with Gasteiger partial charge in [0.1, 0.15) is 6.10 Å². The van der Waals surface area contributed by atoms with Crippen LogP contribution in [-0.4, -0.2) is 18.5 Å². The molecule has 20 heavy (non-hydrogen) atoms. The Labute approximate surface area is 125 Å². The molecule has 1 rings (SSSR count). The number of carbonyl (C=O) groups excluding carboxylic acids is 1. The molecule has 1 aliphatic carbocycles. The van der Waals surface area contributed by atoms with Gasteiger partial charge in [-0.25, -0.2) is 0 Å². The molecule has 0 aromatic rings. The third kappa shape index (κ3) is 6.88. The third-order valence-electron chi connectivity index (χ3n) is 4.52. The molecule has 118 valence electrons. The first kappa shape index (κ1) is 17.7. The Morgan fingerprint density at radius 1 is 1.00 bits per heavy atom. The average Bonchev–Trinajstić information content (AvgIpc) is 2.49. The predicted octanol–water partition coefficient (Wildman–Crippen LogP) is 5.29. The van der Waals surface area contributed by atoms with Crippen molar-refractivity contribution in [1.82, 2.24) is 0 Å². The molecular weight excluding hydrogens is 248 g/mol. The molecule has 0 N–H and O–H groups in total. The van der Waals surface area contributed by atoms with Crippen LogP contribution in [0.25, 0.3) is 0 Å². The second kappa shape index (κ2) is 11.3. The van der Waals surface area contributed by atoms with Gasteiger partial charge in [-0.05, 0) is 32.1 Å². The number of hydrogen-bond donors (Lipinski definition) is 0. The van der Waals surface area contributed by atoms with Crippen molar-refractivity contribution in [3.8, 4) is 0 Å². The highest BCUT2D eigenvalue weighted by molar-refractivity contribution is 5.83. The van der Waals surface area contributed by atoms with Gasteiger partial charge in [0.15, 0.2) is 5.78 Å². The maximum atomic E-state index is 12.4. The number of ketones is 1. The second-order valence-corrected chi connectivity index (χ2v) is 6.26. The largest absolute Gasteiger partial charge is 0.370 e. The Balaban J connectivity index is 2.24. The van der Waals surface area contributed by atoms with E-state index in [1.807, 2.05) is 6.92 Å². The topological polar surface area (TPSA) is 26.3 Å². The summed E-state index contributed by atoms with van der Waals surface area (Å²) < 4.78 is 5.79. The van der Waals surface area contributed by atoms with Crippen molar-refractivity contribution < 1.29 is 9.53 Å². The molecule has 0 spiro atoms. The molecule has 0 aromatic carbocycles. The minimum atomic E-state index is -0.101. The molecule has 1 unspecified atom stereocenters. The first-order valence-corrected chi connectivity index (χ1v) is 8.93. The number of carbonyl (C=O) groups is 1. The van der Waals surface area contributed by atoms with Gasteiger partial charge in [0, 0.05) is 13.0 Å². The molecule has 2 heteroatoms. The van der Waals surface area contributed by atoms with Crippen LogP contribution in [0.4, 0.5) is 0 Å². The van der Waals surface area contributed by atoms with E-state index >= 15 is 0 Å². The van der Waals surface area contributed by atoms with Crippen LogP contribution in [0.3, 0.4) is 0 Å². The summed E-state index contributed by atoms with van der Waals surface area (Å²) in [6, 6.07) is 0. The van der Waals surface area contributed by atoms with Crippen molar-refractivity contribution in [2.75, 3.05) is 6.61 Å². The monoisotopic (exact) mass is 282 g/mol. The SMILES string of the molecule is CCCCCCCCC(=O)C(OCC)C1CCCCC1. The lowest BCUT2D eigenvalue weighted by atomic mass is 9.83. The predicted molar refractivity (Wildman–Crippen MR) is 85.0 cm³/mol. The minimum absolute atomic E-state index is 0.101. The van der Waals surface area contributed by atoms with Crippen LogP contribution < -0.4 is 0 Å². The summed E-state index contributed by atoms with van der Waals surface area (Å²) in [6.45, 7) is 4.91. The van der Waals surface area contributed by atoms with E-state index in [4.69, 9.17) is 4.74 Å². The van der Waals surface area contributed by atoms with E-state index in [1.54, 1.807) is 0 Å². The Morgan fingerprint density at radius 3 is 2.30 bits per heavy atom. The van der Waals surface area contributed by atoms with E-state index in [2.05, 4.69) is 6.92 Å². The molecule has 2 nitrogen and oxygen atoms in total. The van der Waals surface area contributed by atoms with Crippen LogP contribution >= 0.6 is 0 Å². The van der Waals surface area contributed by atoms with Crippen LogP contribution in [0.5, 0.6) is 0 Å². The van der Waals surface area contributed by atoms with Crippen molar-refractivity contribution in [2.45, 2.75) is 97.0 Å². The molecule has 0 bridgehead atoms. The highest BCUT2D eigenvalue weighted by Crippen LogP contribution is 2.29. The summed E-state index contributed by atoms with van der Waals surface area (Å²) in [5, 5.41) is 0. The zero-order chi connectivity index (χ0) is 14.6. The van der Waals surface area contributed by atoms with Crippen molar-refractivity contribution >= 4 is 5.78 Å². The Hall–Kier alpha value is -0.370. The fourth-order valence-electron chi connectivity index (χ4n) is 3.33. The van der Waals surface area contributed by atoms with Gasteiger partial charge in [-0.15, -0.1) is 0 Å². The summed E-state index contributed by atoms with van der Waals surface area (Å²) in [6.07, 6.45) is 14.4. The average molecular weight is 282 g/mol. The third-order valence-corrected chi connectivity index (χ3v) is 4.52. The molecule has 1 fully saturated rings. The minimum Gasteiger partial charge on any atom is -0.370 e. The molecule has 1 atom stereocenters. The van der Waals surface area contributed by atoms with Gasteiger partial charge >= 0.3 is 0 Å². The molecule has 0 saturated heterocycles. The van der Waals surface area contributed by atoms with E-state index in [0.717, 1.165) is 12.8 Å². The molecule has 1 aliphatic rings. The standard InChI is InChI=1S/C18H34O2/c1-3-5-6-7-8-12-15-17(19)18(20-4-2)16-13-10-9-11-14-16/h16,18H,3-15H2,1-2H3. The quantitative estimate of drug-likeness (QED) is 0.481. The fourth-order valence-corrected chi connectivity index (χ4v) is 3.33. The zero-order valence-corrected chi connectivity index (χ0v) is 13.7. The Bertz CT molecular complexity index is 244. The van der Waals surface area contributed by atoms with E-state index < -0.39 is 0 Å². The van der Waals surface area contributed by atoms with Crippen molar-refractivity contribution in [3.63, 3.8) is 0 Å². The van der Waals surface area contributed by atoms with Gasteiger partial charge in [-0.2, -0.15) is 0 Å². The summed E-state index contributed by atoms with van der Waals surface area (Å²) in [5.74, 6) is 0.866. The van der Waals surface area contributed by atoms with E-state index in [1.165, 1.54) is 64.2 Å². The lowest BCUT2D eigenvalue weighted by molar-refractivity contribution is -0.135. The second-order valence-electron chi connectivity index (χ2n) is 6.26. The lowest BCUT2D eigenvalue weighted by Crippen LogP contribution is -2.34. The van der Waals surface area contributed by atoms with Gasteiger partial charge in [0.25, 0.3) is 0 Å². The first-order valence-electron chi connectivity index (χ1n) is 8.93. The molecule has 0 aliphatic heterocycles. The fraction of sp³-hybridized carbons (Fsp3) is 0.944. The molecule has 0 radical (unpaired) electrons. The Kier molecular flexibility index (Phi) is 10.00. The van der Waals surface area contributed by atoms with Crippen LogP contribution in [-0.2, 0) is 9.53 Å². The molecule has 1 saturated carbocycles. The van der Waals surface area contributed by atoms with Gasteiger partial charge in [0.2, 0.25) is 0 Å². The van der Waals surface area contributed by atoms with Gasteiger partial charge < -0.3 is 4.74 Å². The van der Waals surface area contributed by atoms with E-state index in [-0.39, 0.29) is 6.10 Å². The number of hydrogen-bond acceptors (Lipinski definition) is 2. The smallest absolute Gasteiger partial charge is 0.161 e. The number of rotatable bonds is 11. The lowest BCUT2D eigenvalue weighted by Gasteiger charge is -2.29. The number of ether oxygens (including phenoxy) is 1. The van der Waals surface area contributed by atoms with Gasteiger partial charge in [-0.3, -0.25) is 4.79 Å². The summed E-state index contributed by atoms with van der Waals surface area (Å²) in [4.78, 5) is 12.4.